The molecule has 0 fully saturated rings. The van der Waals surface area contributed by atoms with Crippen molar-refractivity contribution in [2.24, 2.45) is 5.92 Å². The van der Waals surface area contributed by atoms with Crippen LogP contribution in [0.2, 0.25) is 0 Å². The lowest BCUT2D eigenvalue weighted by Crippen LogP contribution is -2.29. The number of carbonyl (C=O) groups is 1. The first kappa shape index (κ1) is 17.5. The van der Waals surface area contributed by atoms with Gasteiger partial charge in [-0.1, -0.05) is 29.8 Å². The van der Waals surface area contributed by atoms with Gasteiger partial charge in [0.2, 0.25) is 0 Å². The van der Waals surface area contributed by atoms with Crippen LogP contribution in [0.3, 0.4) is 0 Å². The van der Waals surface area contributed by atoms with Crippen molar-refractivity contribution >= 4 is 5.97 Å². The molecule has 0 saturated heterocycles. The van der Waals surface area contributed by atoms with Gasteiger partial charge in [-0.2, -0.15) is 0 Å². The number of aliphatic carboxylic acids is 1. The van der Waals surface area contributed by atoms with Gasteiger partial charge in [0.05, 0.1) is 18.6 Å². The fourth-order valence-corrected chi connectivity index (χ4v) is 2.92. The van der Waals surface area contributed by atoms with Crippen LogP contribution < -0.4 is 4.74 Å². The second-order valence-electron chi connectivity index (χ2n) is 6.03. The smallest absolute Gasteiger partial charge is 0.304 e. The highest BCUT2D eigenvalue weighted by atomic mass is 16.5. The van der Waals surface area contributed by atoms with Crippen LogP contribution in [-0.2, 0) is 4.79 Å². The van der Waals surface area contributed by atoms with E-state index in [1.807, 2.05) is 43.3 Å². The van der Waals surface area contributed by atoms with E-state index in [2.05, 4.69) is 0 Å². The first-order valence-corrected chi connectivity index (χ1v) is 7.96. The molecular weight excluding hydrogens is 296 g/mol. The molecule has 5 nitrogen and oxygen atoms in total. The summed E-state index contributed by atoms with van der Waals surface area (Å²) in [4.78, 5) is 10.9. The normalized spacial score (nSPS) is 23.2. The van der Waals surface area contributed by atoms with Gasteiger partial charge in [0.25, 0.3) is 0 Å². The Morgan fingerprint density at radius 3 is 2.70 bits per heavy atom. The number of hydrogen-bond acceptors (Lipinski definition) is 4. The molecule has 1 aromatic rings. The van der Waals surface area contributed by atoms with Crippen LogP contribution >= 0.6 is 0 Å². The van der Waals surface area contributed by atoms with Gasteiger partial charge in [-0.15, -0.1) is 0 Å². The number of carboxylic acids is 1. The first-order chi connectivity index (χ1) is 11.0. The summed E-state index contributed by atoms with van der Waals surface area (Å²) in [6, 6.07) is 9.31. The highest BCUT2D eigenvalue weighted by molar-refractivity contribution is 5.67. The molecule has 0 aliphatic heterocycles. The molecule has 0 aromatic heterocycles. The second-order valence-corrected chi connectivity index (χ2v) is 6.03. The number of hydrogen-bond donors (Lipinski definition) is 3. The molecule has 0 spiro atoms. The zero-order chi connectivity index (χ0) is 16.8. The predicted octanol–water partition coefficient (Wildman–Crippen LogP) is 2.38. The molecule has 126 valence electrons. The van der Waals surface area contributed by atoms with Gasteiger partial charge in [0.1, 0.15) is 11.9 Å². The highest BCUT2D eigenvalue weighted by Crippen LogP contribution is 2.32. The summed E-state index contributed by atoms with van der Waals surface area (Å²) >= 11 is 0. The molecule has 3 N–H and O–H groups in total. The van der Waals surface area contributed by atoms with E-state index in [0.29, 0.717) is 25.0 Å². The maximum Gasteiger partial charge on any atom is 0.304 e. The summed E-state index contributed by atoms with van der Waals surface area (Å²) in [7, 11) is 0. The van der Waals surface area contributed by atoms with Crippen molar-refractivity contribution in [3.05, 3.63) is 42.0 Å². The summed E-state index contributed by atoms with van der Waals surface area (Å²) in [5.74, 6) is -0.550. The summed E-state index contributed by atoms with van der Waals surface area (Å²) < 4.78 is 5.69. The molecule has 0 bridgehead atoms. The average molecular weight is 320 g/mol. The van der Waals surface area contributed by atoms with Gasteiger partial charge in [0.15, 0.2) is 0 Å². The van der Waals surface area contributed by atoms with E-state index in [9.17, 15) is 15.0 Å². The molecular formula is C18H24O5. The monoisotopic (exact) mass is 320 g/mol. The van der Waals surface area contributed by atoms with Crippen LogP contribution in [0.1, 0.15) is 32.6 Å². The van der Waals surface area contributed by atoms with Gasteiger partial charge in [0, 0.05) is 5.92 Å². The first-order valence-electron chi connectivity index (χ1n) is 7.96. The van der Waals surface area contributed by atoms with E-state index in [1.165, 1.54) is 0 Å². The van der Waals surface area contributed by atoms with E-state index in [4.69, 9.17) is 9.84 Å². The van der Waals surface area contributed by atoms with Crippen LogP contribution in [0.15, 0.2) is 42.0 Å². The van der Waals surface area contributed by atoms with Crippen LogP contribution in [0.25, 0.3) is 0 Å². The molecule has 0 saturated carbocycles. The molecule has 1 aliphatic carbocycles. The Hall–Kier alpha value is -1.85. The Labute approximate surface area is 136 Å². The van der Waals surface area contributed by atoms with Gasteiger partial charge < -0.3 is 20.1 Å². The van der Waals surface area contributed by atoms with Crippen molar-refractivity contribution in [2.45, 2.75) is 50.9 Å². The van der Waals surface area contributed by atoms with Crippen molar-refractivity contribution < 1.29 is 24.9 Å². The lowest BCUT2D eigenvalue weighted by atomic mass is 9.91. The third kappa shape index (κ3) is 5.08. The Kier molecular flexibility index (Phi) is 6.19. The number of para-hydroxylation sites is 1. The SMILES string of the molecule is CC(Oc1ccccc1)C(O)CCC1=CCC(O)C1CC(=O)O. The second kappa shape index (κ2) is 8.13. The fraction of sp³-hybridized carbons (Fsp3) is 0.500. The van der Waals surface area contributed by atoms with Crippen LogP contribution in [0, 0.1) is 5.92 Å². The number of benzene rings is 1. The minimum Gasteiger partial charge on any atom is -0.488 e. The minimum absolute atomic E-state index is 0.0703. The third-order valence-electron chi connectivity index (χ3n) is 4.29. The zero-order valence-corrected chi connectivity index (χ0v) is 13.3. The van der Waals surface area contributed by atoms with Crippen LogP contribution in [0.5, 0.6) is 5.75 Å². The lowest BCUT2D eigenvalue weighted by Gasteiger charge is -2.22. The quantitative estimate of drug-likeness (QED) is 0.640. The number of carboxylic acid groups (broad SMARTS) is 1. The maximum absolute atomic E-state index is 10.9. The van der Waals surface area contributed by atoms with E-state index in [0.717, 1.165) is 5.57 Å². The molecule has 0 heterocycles. The van der Waals surface area contributed by atoms with E-state index in [-0.39, 0.29) is 18.4 Å². The lowest BCUT2D eigenvalue weighted by molar-refractivity contribution is -0.138. The number of aliphatic hydroxyl groups is 2. The molecule has 4 unspecified atom stereocenters. The van der Waals surface area contributed by atoms with Crippen molar-refractivity contribution in [3.8, 4) is 5.75 Å². The van der Waals surface area contributed by atoms with Gasteiger partial charge >= 0.3 is 5.97 Å². The standard InChI is InChI=1S/C18H24O5/c1-12(23-14-5-3-2-4-6-14)16(19)9-7-13-8-10-17(20)15(13)11-18(21)22/h2-6,8,12,15-17,19-20H,7,9-11H2,1H3,(H,21,22). The summed E-state index contributed by atoms with van der Waals surface area (Å²) in [5, 5.41) is 29.0. The number of rotatable bonds is 8. The summed E-state index contributed by atoms with van der Waals surface area (Å²) in [6.45, 7) is 1.81. The Bertz CT molecular complexity index is 540. The van der Waals surface area contributed by atoms with Gasteiger partial charge in [-0.05, 0) is 38.3 Å². The van der Waals surface area contributed by atoms with Crippen molar-refractivity contribution in [2.75, 3.05) is 0 Å². The predicted molar refractivity (Wildman–Crippen MR) is 86.2 cm³/mol. The van der Waals surface area contributed by atoms with Crippen LogP contribution in [0.4, 0.5) is 0 Å². The molecule has 0 amide bonds. The molecule has 0 radical (unpaired) electrons. The Morgan fingerprint density at radius 1 is 1.35 bits per heavy atom. The number of ether oxygens (including phenoxy) is 1. The molecule has 23 heavy (non-hydrogen) atoms. The minimum atomic E-state index is -0.914. The Balaban J connectivity index is 1.83. The highest BCUT2D eigenvalue weighted by Gasteiger charge is 2.30. The topological polar surface area (TPSA) is 87.0 Å². The van der Waals surface area contributed by atoms with Crippen molar-refractivity contribution in [1.29, 1.82) is 0 Å². The molecule has 5 heteroatoms. The summed E-state index contributed by atoms with van der Waals surface area (Å²) in [6.07, 6.45) is 1.71. The van der Waals surface area contributed by atoms with Crippen molar-refractivity contribution in [3.63, 3.8) is 0 Å². The fourth-order valence-electron chi connectivity index (χ4n) is 2.92. The summed E-state index contributed by atoms with van der Waals surface area (Å²) in [5.41, 5.74) is 0.922. The van der Waals surface area contributed by atoms with Gasteiger partial charge in [-0.3, -0.25) is 4.79 Å². The largest absolute Gasteiger partial charge is 0.488 e. The molecule has 1 aromatic carbocycles. The molecule has 2 rings (SSSR count). The molecule has 4 atom stereocenters. The van der Waals surface area contributed by atoms with E-state index >= 15 is 0 Å². The third-order valence-corrected chi connectivity index (χ3v) is 4.29. The maximum atomic E-state index is 10.9. The average Bonchev–Trinajstić information content (AvgIpc) is 2.86. The van der Waals surface area contributed by atoms with Crippen molar-refractivity contribution in [1.82, 2.24) is 0 Å². The Morgan fingerprint density at radius 2 is 2.04 bits per heavy atom. The van der Waals surface area contributed by atoms with Crippen LogP contribution in [-0.4, -0.2) is 39.6 Å². The van der Waals surface area contributed by atoms with Gasteiger partial charge in [-0.25, -0.2) is 0 Å². The molecule has 1 aliphatic rings. The van der Waals surface area contributed by atoms with E-state index in [1.54, 1.807) is 0 Å². The number of aliphatic hydroxyl groups excluding tert-OH is 2. The van der Waals surface area contributed by atoms with E-state index < -0.39 is 18.2 Å². The zero-order valence-electron chi connectivity index (χ0n) is 13.3.